The van der Waals surface area contributed by atoms with Gasteiger partial charge in [-0.3, -0.25) is 19.1 Å². The number of piperazine rings is 1. The molecule has 2 amide bonds. The number of benzene rings is 2. The molecule has 1 aliphatic rings. The number of hydrogen-bond acceptors (Lipinski definition) is 7. The molecular weight excluding hydrogens is 640 g/mol. The molecule has 45 heavy (non-hydrogen) atoms. The molecule has 0 aliphatic carbocycles. The minimum Gasteiger partial charge on any atom is -0.356 e. The number of aryl methyl sites for hydroxylation is 1. The van der Waals surface area contributed by atoms with Crippen LogP contribution < -0.4 is 5.32 Å². The Morgan fingerprint density at radius 1 is 1.07 bits per heavy atom. The fourth-order valence-electron chi connectivity index (χ4n) is 5.40. The summed E-state index contributed by atoms with van der Waals surface area (Å²) < 4.78 is 60.2. The first-order valence-corrected chi connectivity index (χ1v) is 18.0. The van der Waals surface area contributed by atoms with Crippen LogP contribution >= 0.6 is 11.6 Å². The van der Waals surface area contributed by atoms with Gasteiger partial charge in [0.2, 0.25) is 21.8 Å². The summed E-state index contributed by atoms with van der Waals surface area (Å²) in [6.07, 6.45) is 4.11. The molecule has 1 aliphatic heterocycles. The Balaban J connectivity index is 1.59. The van der Waals surface area contributed by atoms with E-state index in [9.17, 15) is 26.4 Å². The molecule has 1 aromatic heterocycles. The van der Waals surface area contributed by atoms with Crippen LogP contribution in [0.5, 0.6) is 0 Å². The molecular formula is C31H37ClN4O7S2. The van der Waals surface area contributed by atoms with Crippen molar-refractivity contribution in [3.05, 3.63) is 82.6 Å². The lowest BCUT2D eigenvalue weighted by molar-refractivity contribution is -0.135. The van der Waals surface area contributed by atoms with Crippen molar-refractivity contribution in [1.82, 2.24) is 19.5 Å². The van der Waals surface area contributed by atoms with Crippen LogP contribution in [0.2, 0.25) is 5.02 Å². The summed E-state index contributed by atoms with van der Waals surface area (Å²) >= 11 is 6.30. The van der Waals surface area contributed by atoms with E-state index in [-0.39, 0.29) is 56.2 Å². The van der Waals surface area contributed by atoms with E-state index in [4.69, 9.17) is 16.2 Å². The van der Waals surface area contributed by atoms with Crippen LogP contribution in [0.4, 0.5) is 0 Å². The Morgan fingerprint density at radius 3 is 2.56 bits per heavy atom. The van der Waals surface area contributed by atoms with Gasteiger partial charge >= 0.3 is 0 Å². The number of nitrogens with one attached hydrogen (secondary N) is 1. The van der Waals surface area contributed by atoms with Gasteiger partial charge in [0.25, 0.3) is 10.1 Å². The zero-order chi connectivity index (χ0) is 32.8. The van der Waals surface area contributed by atoms with Crippen molar-refractivity contribution in [2.24, 2.45) is 0 Å². The Morgan fingerprint density at radius 2 is 1.82 bits per heavy atom. The van der Waals surface area contributed by atoms with Crippen LogP contribution in [0.3, 0.4) is 0 Å². The zero-order valence-corrected chi connectivity index (χ0v) is 27.5. The van der Waals surface area contributed by atoms with Gasteiger partial charge in [-0.2, -0.15) is 12.7 Å². The predicted molar refractivity (Wildman–Crippen MR) is 172 cm³/mol. The lowest BCUT2D eigenvalue weighted by atomic mass is 9.95. The summed E-state index contributed by atoms with van der Waals surface area (Å²) in [5.41, 5.74) is 4.09. The monoisotopic (exact) mass is 676 g/mol. The van der Waals surface area contributed by atoms with Crippen molar-refractivity contribution >= 4 is 43.6 Å². The van der Waals surface area contributed by atoms with Gasteiger partial charge in [0.15, 0.2) is 0 Å². The molecule has 2 heterocycles. The van der Waals surface area contributed by atoms with E-state index in [1.165, 1.54) is 10.4 Å². The van der Waals surface area contributed by atoms with Crippen LogP contribution in [0.25, 0.3) is 11.1 Å². The number of hydrogen-bond donors (Lipinski definition) is 2. The van der Waals surface area contributed by atoms with Crippen molar-refractivity contribution in [2.45, 2.75) is 50.5 Å². The Hall–Kier alpha value is -3.36. The Labute approximate surface area is 269 Å². The maximum Gasteiger partial charge on any atom is 0.264 e. The van der Waals surface area contributed by atoms with Crippen molar-refractivity contribution in [2.75, 3.05) is 31.9 Å². The van der Waals surface area contributed by atoms with Crippen LogP contribution in [0.1, 0.15) is 48.9 Å². The minimum atomic E-state index is -4.12. The normalized spacial score (nSPS) is 16.0. The summed E-state index contributed by atoms with van der Waals surface area (Å²) in [4.78, 5) is 31.5. The first-order valence-electron chi connectivity index (χ1n) is 14.6. The van der Waals surface area contributed by atoms with E-state index >= 15 is 0 Å². The van der Waals surface area contributed by atoms with Crippen molar-refractivity contribution in [1.29, 1.82) is 0 Å². The van der Waals surface area contributed by atoms with Gasteiger partial charge in [-0.25, -0.2) is 8.42 Å². The predicted octanol–water partition coefficient (Wildman–Crippen LogP) is 4.02. The van der Waals surface area contributed by atoms with E-state index in [2.05, 4.69) is 10.3 Å². The number of pyridine rings is 1. The highest BCUT2D eigenvalue weighted by atomic mass is 35.5. The lowest BCUT2D eigenvalue weighted by Gasteiger charge is -2.41. The zero-order valence-electron chi connectivity index (χ0n) is 25.1. The van der Waals surface area contributed by atoms with Gasteiger partial charge in [0.1, 0.15) is 0 Å². The third-order valence-electron chi connectivity index (χ3n) is 7.82. The number of aromatic nitrogens is 1. The summed E-state index contributed by atoms with van der Waals surface area (Å²) in [6, 6.07) is 13.6. The summed E-state index contributed by atoms with van der Waals surface area (Å²) in [6.45, 7) is 3.99. The number of amides is 2. The first kappa shape index (κ1) is 34.5. The van der Waals surface area contributed by atoms with Crippen LogP contribution in [-0.2, 0) is 36.2 Å². The Kier molecular flexibility index (Phi) is 11.4. The van der Waals surface area contributed by atoms with E-state index in [1.807, 2.05) is 43.5 Å². The van der Waals surface area contributed by atoms with E-state index in [0.29, 0.717) is 16.1 Å². The highest BCUT2D eigenvalue weighted by molar-refractivity contribution is 7.89. The van der Waals surface area contributed by atoms with E-state index in [1.54, 1.807) is 30.2 Å². The number of sulfonamides is 1. The average Bonchev–Trinajstić information content (AvgIpc) is 3.02. The van der Waals surface area contributed by atoms with E-state index < -0.39 is 37.8 Å². The Bertz CT molecular complexity index is 1770. The SMILES string of the molecule is CCc1cnccc1-c1cccc(C2CN(C(=O)CCC(=O)NCCCS(=O)(=O)O)CCN2S(=O)(=O)c2cccc(Cl)c2C)c1. The van der Waals surface area contributed by atoms with Gasteiger partial charge in [-0.15, -0.1) is 0 Å². The molecule has 0 bridgehead atoms. The number of carbonyl (C=O) groups excluding carboxylic acids is 2. The molecule has 0 radical (unpaired) electrons. The summed E-state index contributed by atoms with van der Waals surface area (Å²) in [5, 5.41) is 2.88. The van der Waals surface area contributed by atoms with Crippen LogP contribution in [0.15, 0.2) is 65.8 Å². The van der Waals surface area contributed by atoms with Crippen molar-refractivity contribution in [3.63, 3.8) is 0 Å². The third-order valence-corrected chi connectivity index (χ3v) is 11.1. The second-order valence-electron chi connectivity index (χ2n) is 10.8. The average molecular weight is 677 g/mol. The fourth-order valence-corrected chi connectivity index (χ4v) is 7.98. The molecule has 0 spiro atoms. The van der Waals surface area contributed by atoms with Gasteiger partial charge in [0.05, 0.1) is 16.7 Å². The molecule has 242 valence electrons. The molecule has 14 heteroatoms. The quantitative estimate of drug-likeness (QED) is 0.215. The molecule has 11 nitrogen and oxygen atoms in total. The molecule has 1 unspecified atom stereocenters. The maximum atomic E-state index is 14.1. The highest BCUT2D eigenvalue weighted by Crippen LogP contribution is 2.36. The van der Waals surface area contributed by atoms with Gasteiger partial charge in [-0.05, 0) is 71.8 Å². The first-order chi connectivity index (χ1) is 21.3. The molecule has 1 atom stereocenters. The number of halogens is 1. The molecule has 3 aromatic rings. The standard InChI is InChI=1S/C31H37ClN4O7S2/c1-3-23-20-33-15-13-26(23)24-7-4-8-25(19-24)28-21-35(31(38)12-11-30(37)34-14-6-18-44(39,40)41)16-17-36(28)45(42,43)29-10-5-9-27(32)22(29)2/h4-5,7-10,13,15,19-20,28H,3,6,11-12,14,16-18,21H2,1-2H3,(H,34,37)(H,39,40,41). The van der Waals surface area contributed by atoms with Gasteiger partial charge in [-0.1, -0.05) is 42.8 Å². The van der Waals surface area contributed by atoms with E-state index in [0.717, 1.165) is 23.1 Å². The molecule has 4 rings (SSSR count). The fraction of sp³-hybridized carbons (Fsp3) is 0.387. The molecule has 0 saturated carbocycles. The largest absolute Gasteiger partial charge is 0.356 e. The maximum absolute atomic E-state index is 14.1. The van der Waals surface area contributed by atoms with Gasteiger partial charge < -0.3 is 10.2 Å². The molecule has 2 N–H and O–H groups in total. The van der Waals surface area contributed by atoms with Crippen molar-refractivity contribution in [3.8, 4) is 11.1 Å². The lowest BCUT2D eigenvalue weighted by Crippen LogP contribution is -2.52. The summed E-state index contributed by atoms with van der Waals surface area (Å²) in [7, 11) is -8.14. The molecule has 1 saturated heterocycles. The summed E-state index contributed by atoms with van der Waals surface area (Å²) in [5.74, 6) is -1.20. The van der Waals surface area contributed by atoms with Crippen LogP contribution in [0, 0.1) is 6.92 Å². The smallest absolute Gasteiger partial charge is 0.264 e. The number of rotatable bonds is 12. The molecule has 2 aromatic carbocycles. The van der Waals surface area contributed by atoms with Crippen molar-refractivity contribution < 1.29 is 31.0 Å². The topological polar surface area (TPSA) is 154 Å². The highest BCUT2D eigenvalue weighted by Gasteiger charge is 2.39. The minimum absolute atomic E-state index is 0.0339. The molecule has 1 fully saturated rings. The van der Waals surface area contributed by atoms with Gasteiger partial charge in [0, 0.05) is 56.4 Å². The van der Waals surface area contributed by atoms with Crippen LogP contribution in [-0.4, -0.2) is 79.3 Å². The number of carbonyl (C=O) groups is 2. The third kappa shape index (κ3) is 8.67. The number of nitrogens with zero attached hydrogens (tertiary/aromatic N) is 3. The second kappa shape index (κ2) is 14.8. The second-order valence-corrected chi connectivity index (χ2v) is 14.7.